The lowest BCUT2D eigenvalue weighted by Crippen LogP contribution is -2.47. The minimum Gasteiger partial charge on any atom is -0.303 e. The van der Waals surface area contributed by atoms with Gasteiger partial charge in [-0.3, -0.25) is 10.1 Å². The second kappa shape index (κ2) is 5.52. The second-order valence-electron chi connectivity index (χ2n) is 5.26. The standard InChI is InChI=1S/C13H20N4O2/c1-9-7-13(14-8-12(9)17(18)19)15-16-10(2)5-4-6-11(16)3/h7-8,10-11H,4-6H2,1-3H3,(H,14,15). The van der Waals surface area contributed by atoms with E-state index in [2.05, 4.69) is 29.3 Å². The number of nitro groups is 1. The van der Waals surface area contributed by atoms with Crippen molar-refractivity contribution in [2.75, 3.05) is 5.43 Å². The fourth-order valence-electron chi connectivity index (χ4n) is 2.57. The molecule has 1 N–H and O–H groups in total. The summed E-state index contributed by atoms with van der Waals surface area (Å²) in [5.41, 5.74) is 3.97. The van der Waals surface area contributed by atoms with Crippen LogP contribution < -0.4 is 5.43 Å². The summed E-state index contributed by atoms with van der Waals surface area (Å²) in [6, 6.07) is 2.62. The number of pyridine rings is 1. The van der Waals surface area contributed by atoms with Gasteiger partial charge in [-0.15, -0.1) is 0 Å². The Hall–Kier alpha value is -1.69. The molecule has 2 rings (SSSR count). The first-order valence-corrected chi connectivity index (χ1v) is 6.65. The van der Waals surface area contributed by atoms with Gasteiger partial charge in [0, 0.05) is 17.6 Å². The minimum atomic E-state index is -0.405. The fraction of sp³-hybridized carbons (Fsp3) is 0.615. The highest BCUT2D eigenvalue weighted by atomic mass is 16.6. The third-order valence-corrected chi connectivity index (χ3v) is 3.72. The van der Waals surface area contributed by atoms with Crippen molar-refractivity contribution in [2.24, 2.45) is 0 Å². The summed E-state index contributed by atoms with van der Waals surface area (Å²) in [6.45, 7) is 6.09. The van der Waals surface area contributed by atoms with E-state index in [1.54, 1.807) is 13.0 Å². The lowest BCUT2D eigenvalue weighted by atomic mass is 10.00. The van der Waals surface area contributed by atoms with Crippen LogP contribution in [0.5, 0.6) is 0 Å². The quantitative estimate of drug-likeness (QED) is 0.671. The molecule has 1 aromatic heterocycles. The van der Waals surface area contributed by atoms with E-state index in [1.165, 1.54) is 12.6 Å². The number of hydrogen-bond acceptors (Lipinski definition) is 5. The molecule has 2 unspecified atom stereocenters. The van der Waals surface area contributed by atoms with Gasteiger partial charge in [-0.05, 0) is 39.7 Å². The van der Waals surface area contributed by atoms with Crippen LogP contribution in [-0.2, 0) is 0 Å². The number of hydrazine groups is 1. The van der Waals surface area contributed by atoms with Gasteiger partial charge in [-0.1, -0.05) is 6.42 Å². The predicted molar refractivity (Wildman–Crippen MR) is 73.9 cm³/mol. The molecule has 0 radical (unpaired) electrons. The number of anilines is 1. The molecule has 19 heavy (non-hydrogen) atoms. The number of hydrogen-bond donors (Lipinski definition) is 1. The van der Waals surface area contributed by atoms with Gasteiger partial charge >= 0.3 is 0 Å². The summed E-state index contributed by atoms with van der Waals surface area (Å²) in [5, 5.41) is 13.0. The zero-order chi connectivity index (χ0) is 14.0. The van der Waals surface area contributed by atoms with Crippen molar-refractivity contribution in [1.82, 2.24) is 9.99 Å². The largest absolute Gasteiger partial charge is 0.303 e. The highest BCUT2D eigenvalue weighted by Gasteiger charge is 2.25. The summed E-state index contributed by atoms with van der Waals surface area (Å²) in [4.78, 5) is 14.5. The van der Waals surface area contributed by atoms with Gasteiger partial charge in [-0.25, -0.2) is 9.99 Å². The second-order valence-corrected chi connectivity index (χ2v) is 5.26. The van der Waals surface area contributed by atoms with Crippen LogP contribution in [-0.4, -0.2) is 27.0 Å². The van der Waals surface area contributed by atoms with E-state index in [1.807, 2.05) is 0 Å². The molecule has 1 fully saturated rings. The average molecular weight is 264 g/mol. The number of piperidine rings is 1. The van der Waals surface area contributed by atoms with Crippen molar-refractivity contribution < 1.29 is 4.92 Å². The first-order chi connectivity index (χ1) is 8.99. The molecule has 0 aromatic carbocycles. The molecule has 2 atom stereocenters. The van der Waals surface area contributed by atoms with Gasteiger partial charge in [-0.2, -0.15) is 0 Å². The molecule has 0 spiro atoms. The van der Waals surface area contributed by atoms with Crippen LogP contribution in [0.25, 0.3) is 0 Å². The van der Waals surface area contributed by atoms with Crippen molar-refractivity contribution in [3.05, 3.63) is 27.9 Å². The Balaban J connectivity index is 2.14. The Morgan fingerprint density at radius 3 is 2.58 bits per heavy atom. The van der Waals surface area contributed by atoms with Crippen LogP contribution in [0.3, 0.4) is 0 Å². The molecule has 1 aliphatic heterocycles. The Labute approximate surface area is 112 Å². The fourth-order valence-corrected chi connectivity index (χ4v) is 2.57. The molecule has 1 aliphatic rings. The van der Waals surface area contributed by atoms with Gasteiger partial charge in [0.05, 0.1) is 4.92 Å². The summed E-state index contributed by atoms with van der Waals surface area (Å²) >= 11 is 0. The van der Waals surface area contributed by atoms with Crippen LogP contribution in [0.4, 0.5) is 11.5 Å². The van der Waals surface area contributed by atoms with Crippen molar-refractivity contribution >= 4 is 11.5 Å². The Kier molecular flexibility index (Phi) is 3.99. The summed E-state index contributed by atoms with van der Waals surface area (Å²) in [5.74, 6) is 0.670. The van der Waals surface area contributed by atoms with Crippen LogP contribution >= 0.6 is 0 Å². The average Bonchev–Trinajstić information content (AvgIpc) is 2.33. The zero-order valence-electron chi connectivity index (χ0n) is 11.6. The molecular formula is C13H20N4O2. The first kappa shape index (κ1) is 13.7. The zero-order valence-corrected chi connectivity index (χ0v) is 11.6. The highest BCUT2D eigenvalue weighted by Crippen LogP contribution is 2.24. The van der Waals surface area contributed by atoms with E-state index < -0.39 is 4.92 Å². The molecule has 0 bridgehead atoms. The van der Waals surface area contributed by atoms with E-state index in [0.29, 0.717) is 23.5 Å². The third kappa shape index (κ3) is 3.01. The Morgan fingerprint density at radius 2 is 2.05 bits per heavy atom. The number of aryl methyl sites for hydroxylation is 1. The number of aromatic nitrogens is 1. The molecule has 1 aromatic rings. The van der Waals surface area contributed by atoms with Crippen LogP contribution in [0.15, 0.2) is 12.3 Å². The van der Waals surface area contributed by atoms with Crippen LogP contribution in [0, 0.1) is 17.0 Å². The van der Waals surface area contributed by atoms with Gasteiger partial charge in [0.25, 0.3) is 5.69 Å². The molecule has 6 heteroatoms. The van der Waals surface area contributed by atoms with E-state index in [0.717, 1.165) is 12.8 Å². The van der Waals surface area contributed by atoms with Gasteiger partial charge < -0.3 is 5.43 Å². The topological polar surface area (TPSA) is 71.3 Å². The molecule has 0 aliphatic carbocycles. The predicted octanol–water partition coefficient (Wildman–Crippen LogP) is 2.89. The molecule has 0 saturated carbocycles. The number of nitrogens with zero attached hydrogens (tertiary/aromatic N) is 3. The Bertz CT molecular complexity index is 468. The van der Waals surface area contributed by atoms with Gasteiger partial charge in [0.2, 0.25) is 0 Å². The lowest BCUT2D eigenvalue weighted by molar-refractivity contribution is -0.385. The van der Waals surface area contributed by atoms with Crippen molar-refractivity contribution in [3.63, 3.8) is 0 Å². The van der Waals surface area contributed by atoms with Crippen molar-refractivity contribution in [3.8, 4) is 0 Å². The molecule has 1 saturated heterocycles. The van der Waals surface area contributed by atoms with E-state index in [-0.39, 0.29) is 5.69 Å². The van der Waals surface area contributed by atoms with E-state index >= 15 is 0 Å². The highest BCUT2D eigenvalue weighted by molar-refractivity contribution is 5.46. The molecular weight excluding hydrogens is 244 g/mol. The minimum absolute atomic E-state index is 0.0605. The molecule has 2 heterocycles. The monoisotopic (exact) mass is 264 g/mol. The maximum atomic E-state index is 10.8. The van der Waals surface area contributed by atoms with Crippen molar-refractivity contribution in [1.29, 1.82) is 0 Å². The molecule has 104 valence electrons. The van der Waals surface area contributed by atoms with Crippen molar-refractivity contribution in [2.45, 2.75) is 52.1 Å². The third-order valence-electron chi connectivity index (χ3n) is 3.72. The van der Waals surface area contributed by atoms with Gasteiger partial charge in [0.1, 0.15) is 12.0 Å². The maximum absolute atomic E-state index is 10.8. The SMILES string of the molecule is Cc1cc(NN2C(C)CCCC2C)ncc1[N+](=O)[O-]. The summed E-state index contributed by atoms with van der Waals surface area (Å²) in [6.07, 6.45) is 4.87. The smallest absolute Gasteiger partial charge is 0.290 e. The number of rotatable bonds is 3. The van der Waals surface area contributed by atoms with Crippen LogP contribution in [0.1, 0.15) is 38.7 Å². The molecule has 6 nitrogen and oxygen atoms in total. The number of nitrogens with one attached hydrogen (secondary N) is 1. The first-order valence-electron chi connectivity index (χ1n) is 6.65. The maximum Gasteiger partial charge on any atom is 0.290 e. The Morgan fingerprint density at radius 1 is 1.42 bits per heavy atom. The van der Waals surface area contributed by atoms with E-state index in [9.17, 15) is 10.1 Å². The summed E-state index contributed by atoms with van der Waals surface area (Å²) in [7, 11) is 0. The van der Waals surface area contributed by atoms with Crippen LogP contribution in [0.2, 0.25) is 0 Å². The summed E-state index contributed by atoms with van der Waals surface area (Å²) < 4.78 is 0. The normalized spacial score (nSPS) is 24.2. The van der Waals surface area contributed by atoms with Gasteiger partial charge in [0.15, 0.2) is 0 Å². The lowest BCUT2D eigenvalue weighted by Gasteiger charge is -2.39. The molecule has 0 amide bonds. The van der Waals surface area contributed by atoms with E-state index in [4.69, 9.17) is 0 Å².